The summed E-state index contributed by atoms with van der Waals surface area (Å²) in [6.07, 6.45) is 1.73. The van der Waals surface area contributed by atoms with Gasteiger partial charge < -0.3 is 5.32 Å². The van der Waals surface area contributed by atoms with E-state index in [1.165, 1.54) is 0 Å². The molecule has 0 spiro atoms. The molecule has 1 aliphatic heterocycles. The van der Waals surface area contributed by atoms with E-state index in [9.17, 15) is 9.59 Å². The molecule has 1 amide bonds. The Bertz CT molecular complexity index is 1150. The molecule has 0 unspecified atom stereocenters. The number of aromatic nitrogens is 2. The summed E-state index contributed by atoms with van der Waals surface area (Å²) in [4.78, 5) is 34.2. The zero-order valence-corrected chi connectivity index (χ0v) is 18.3. The van der Waals surface area contributed by atoms with Gasteiger partial charge in [-0.1, -0.05) is 18.2 Å². The third kappa shape index (κ3) is 4.84. The Hall–Kier alpha value is -3.03. The maximum absolute atomic E-state index is 12.8. The normalized spacial score (nSPS) is 16.4. The predicted molar refractivity (Wildman–Crippen MR) is 122 cm³/mol. The molecule has 31 heavy (non-hydrogen) atoms. The van der Waals surface area contributed by atoms with Crippen molar-refractivity contribution in [2.24, 2.45) is 0 Å². The Morgan fingerprint density at radius 1 is 1.10 bits per heavy atom. The monoisotopic (exact) mass is 419 g/mol. The maximum atomic E-state index is 12.8. The first kappa shape index (κ1) is 21.2. The molecular weight excluding hydrogens is 390 g/mol. The minimum absolute atomic E-state index is 0.0198. The maximum Gasteiger partial charge on any atom is 0.258 e. The molecule has 0 radical (unpaired) electrons. The third-order valence-corrected chi connectivity index (χ3v) is 5.99. The third-order valence-electron chi connectivity index (χ3n) is 5.99. The Kier molecular flexibility index (Phi) is 6.15. The van der Waals surface area contributed by atoms with E-state index in [-0.39, 0.29) is 17.5 Å². The smallest absolute Gasteiger partial charge is 0.258 e. The minimum Gasteiger partial charge on any atom is -0.324 e. The van der Waals surface area contributed by atoms with Gasteiger partial charge in [-0.2, -0.15) is 0 Å². The average molecular weight is 420 g/mol. The highest BCUT2D eigenvalue weighted by Crippen LogP contribution is 2.18. The molecule has 1 saturated heterocycles. The number of hydrogen-bond donors (Lipinski definition) is 1. The summed E-state index contributed by atoms with van der Waals surface area (Å²) >= 11 is 0. The molecule has 162 valence electrons. The first-order valence-corrected chi connectivity index (χ1v) is 10.7. The van der Waals surface area contributed by atoms with Crippen molar-refractivity contribution in [3.63, 3.8) is 0 Å². The number of benzene rings is 1. The molecular formula is C24H29N5O2. The molecule has 1 atom stereocenters. The summed E-state index contributed by atoms with van der Waals surface area (Å²) < 4.78 is 1.55. The van der Waals surface area contributed by atoms with Crippen LogP contribution in [0.2, 0.25) is 0 Å². The molecule has 7 nitrogen and oxygen atoms in total. The van der Waals surface area contributed by atoms with Gasteiger partial charge in [0.05, 0.1) is 11.7 Å². The van der Waals surface area contributed by atoms with Crippen molar-refractivity contribution in [3.8, 4) is 0 Å². The van der Waals surface area contributed by atoms with Gasteiger partial charge in [0.15, 0.2) is 0 Å². The Morgan fingerprint density at radius 2 is 1.87 bits per heavy atom. The van der Waals surface area contributed by atoms with Gasteiger partial charge in [-0.25, -0.2) is 4.98 Å². The van der Waals surface area contributed by atoms with Gasteiger partial charge in [-0.15, -0.1) is 0 Å². The molecule has 1 aromatic carbocycles. The van der Waals surface area contributed by atoms with Crippen LogP contribution >= 0.6 is 0 Å². The van der Waals surface area contributed by atoms with Gasteiger partial charge in [-0.3, -0.25) is 23.8 Å². The molecule has 1 fully saturated rings. The highest BCUT2D eigenvalue weighted by Gasteiger charge is 2.26. The van der Waals surface area contributed by atoms with Gasteiger partial charge in [-0.05, 0) is 50.1 Å². The number of amides is 1. The first-order chi connectivity index (χ1) is 14.9. The number of carbonyl (C=O) groups is 1. The van der Waals surface area contributed by atoms with Gasteiger partial charge in [0.25, 0.3) is 5.56 Å². The van der Waals surface area contributed by atoms with Crippen LogP contribution in [0.3, 0.4) is 0 Å². The van der Waals surface area contributed by atoms with Crippen LogP contribution in [0.25, 0.3) is 5.65 Å². The van der Waals surface area contributed by atoms with E-state index in [1.807, 2.05) is 57.2 Å². The molecule has 1 N–H and O–H groups in total. The summed E-state index contributed by atoms with van der Waals surface area (Å²) in [5.41, 5.74) is 4.46. The second-order valence-corrected chi connectivity index (χ2v) is 8.31. The second-order valence-electron chi connectivity index (χ2n) is 8.31. The fourth-order valence-corrected chi connectivity index (χ4v) is 4.00. The van der Waals surface area contributed by atoms with Crippen LogP contribution in [0, 0.1) is 13.8 Å². The lowest BCUT2D eigenvalue weighted by molar-refractivity contribution is -0.121. The van der Waals surface area contributed by atoms with Crippen molar-refractivity contribution in [2.45, 2.75) is 33.4 Å². The fourth-order valence-electron chi connectivity index (χ4n) is 4.00. The zero-order chi connectivity index (χ0) is 22.0. The van der Waals surface area contributed by atoms with Crippen molar-refractivity contribution in [1.29, 1.82) is 0 Å². The number of aryl methyl sites for hydroxylation is 2. The summed E-state index contributed by atoms with van der Waals surface area (Å²) in [5, 5.41) is 3.08. The lowest BCUT2D eigenvalue weighted by Crippen LogP contribution is -2.52. The number of fused-ring (bicyclic) bond motifs is 1. The fraction of sp³-hybridized carbons (Fsp3) is 0.375. The molecule has 4 rings (SSSR count). The molecule has 3 heterocycles. The number of nitrogens with zero attached hydrogens (tertiary/aromatic N) is 4. The van der Waals surface area contributed by atoms with Crippen LogP contribution in [0.15, 0.2) is 53.5 Å². The van der Waals surface area contributed by atoms with Gasteiger partial charge in [0, 0.05) is 50.7 Å². The van der Waals surface area contributed by atoms with Crippen molar-refractivity contribution in [2.75, 3.05) is 31.5 Å². The van der Waals surface area contributed by atoms with Gasteiger partial charge in [0.1, 0.15) is 5.65 Å². The second kappa shape index (κ2) is 8.99. The van der Waals surface area contributed by atoms with Crippen LogP contribution in [-0.4, -0.2) is 57.3 Å². The molecule has 7 heteroatoms. The van der Waals surface area contributed by atoms with Crippen molar-refractivity contribution in [1.82, 2.24) is 19.2 Å². The van der Waals surface area contributed by atoms with E-state index in [0.29, 0.717) is 12.2 Å². The molecule has 0 aliphatic carbocycles. The van der Waals surface area contributed by atoms with Gasteiger partial charge in [0.2, 0.25) is 5.91 Å². The summed E-state index contributed by atoms with van der Waals surface area (Å²) in [6, 6.07) is 13.1. The number of hydrogen-bond acceptors (Lipinski definition) is 5. The molecule has 0 saturated carbocycles. The Morgan fingerprint density at radius 3 is 2.65 bits per heavy atom. The SMILES string of the molecule is Cc1ccc(C)c(NC(=O)[C@H](C)N2CCN(Cc3cc(=O)n4ccccc4n3)CC2)c1. The van der Waals surface area contributed by atoms with E-state index in [4.69, 9.17) is 0 Å². The summed E-state index contributed by atoms with van der Waals surface area (Å²) in [6.45, 7) is 9.89. The minimum atomic E-state index is -0.203. The number of rotatable bonds is 5. The van der Waals surface area contributed by atoms with E-state index < -0.39 is 0 Å². The molecule has 0 bridgehead atoms. The van der Waals surface area contributed by atoms with Crippen molar-refractivity contribution in [3.05, 3.63) is 75.8 Å². The number of nitrogens with one attached hydrogen (secondary N) is 1. The topological polar surface area (TPSA) is 70.0 Å². The van der Waals surface area contributed by atoms with Crippen LogP contribution < -0.4 is 10.9 Å². The average Bonchev–Trinajstić information content (AvgIpc) is 2.76. The van der Waals surface area contributed by atoms with Crippen LogP contribution in [0.4, 0.5) is 5.69 Å². The first-order valence-electron chi connectivity index (χ1n) is 10.7. The lowest BCUT2D eigenvalue weighted by Gasteiger charge is -2.37. The van der Waals surface area contributed by atoms with E-state index >= 15 is 0 Å². The number of piperazine rings is 1. The standard InChI is InChI=1S/C24H29N5O2/c1-17-7-8-18(2)21(14-17)26-24(31)19(3)28-12-10-27(11-13-28)16-20-15-23(30)29-9-5-4-6-22(29)25-20/h4-9,14-15,19H,10-13,16H2,1-3H3,(H,26,31)/t19-/m0/s1. The Labute approximate surface area is 182 Å². The summed E-state index contributed by atoms with van der Waals surface area (Å²) in [5.74, 6) is 0.0198. The number of anilines is 1. The molecule has 3 aromatic rings. The predicted octanol–water partition coefficient (Wildman–Crippen LogP) is 2.46. The van der Waals surface area contributed by atoms with Crippen molar-refractivity contribution >= 4 is 17.2 Å². The quantitative estimate of drug-likeness (QED) is 0.688. The van der Waals surface area contributed by atoms with E-state index in [0.717, 1.165) is 48.7 Å². The van der Waals surface area contributed by atoms with E-state index in [2.05, 4.69) is 20.1 Å². The molecule has 2 aromatic heterocycles. The van der Waals surface area contributed by atoms with Gasteiger partial charge >= 0.3 is 0 Å². The Balaban J connectivity index is 1.34. The van der Waals surface area contributed by atoms with Crippen LogP contribution in [0.5, 0.6) is 0 Å². The van der Waals surface area contributed by atoms with Crippen molar-refractivity contribution < 1.29 is 4.79 Å². The number of pyridine rings is 1. The number of carbonyl (C=O) groups excluding carboxylic acids is 1. The highest BCUT2D eigenvalue weighted by atomic mass is 16.2. The van der Waals surface area contributed by atoms with Crippen LogP contribution in [-0.2, 0) is 11.3 Å². The largest absolute Gasteiger partial charge is 0.324 e. The lowest BCUT2D eigenvalue weighted by atomic mass is 10.1. The summed E-state index contributed by atoms with van der Waals surface area (Å²) in [7, 11) is 0. The molecule has 1 aliphatic rings. The highest BCUT2D eigenvalue weighted by molar-refractivity contribution is 5.95. The van der Waals surface area contributed by atoms with E-state index in [1.54, 1.807) is 16.7 Å². The zero-order valence-electron chi connectivity index (χ0n) is 18.3. The van der Waals surface area contributed by atoms with Crippen LogP contribution in [0.1, 0.15) is 23.7 Å².